The molecule has 0 saturated heterocycles. The van der Waals surface area contributed by atoms with E-state index in [4.69, 9.17) is 22.2 Å². The number of ether oxygens (including phenoxy) is 1. The molecule has 0 fully saturated rings. The van der Waals surface area contributed by atoms with Gasteiger partial charge in [0.25, 0.3) is 0 Å². The van der Waals surface area contributed by atoms with Crippen molar-refractivity contribution in [3.63, 3.8) is 0 Å². The van der Waals surface area contributed by atoms with Crippen molar-refractivity contribution < 1.29 is 4.74 Å². The molecule has 94 valence electrons. The van der Waals surface area contributed by atoms with E-state index in [1.54, 1.807) is 12.1 Å². The number of rotatable bonds is 7. The van der Waals surface area contributed by atoms with E-state index in [1.165, 1.54) is 0 Å². The highest BCUT2D eigenvalue weighted by Crippen LogP contribution is 2.16. The third-order valence-electron chi connectivity index (χ3n) is 2.42. The fraction of sp³-hybridized carbons (Fsp3) is 0.385. The first-order chi connectivity index (χ1) is 8.11. The molecule has 0 aliphatic heterocycles. The predicted octanol–water partition coefficient (Wildman–Crippen LogP) is 2.91. The van der Waals surface area contributed by atoms with Crippen molar-refractivity contribution in [1.82, 2.24) is 5.43 Å². The molecule has 4 heteroatoms. The van der Waals surface area contributed by atoms with Gasteiger partial charge in [0.05, 0.1) is 6.04 Å². The van der Waals surface area contributed by atoms with Gasteiger partial charge < -0.3 is 4.74 Å². The summed E-state index contributed by atoms with van der Waals surface area (Å²) in [7, 11) is 0. The summed E-state index contributed by atoms with van der Waals surface area (Å²) in [6, 6.07) is 7.41. The number of halogens is 1. The fourth-order valence-corrected chi connectivity index (χ4v) is 1.49. The van der Waals surface area contributed by atoms with Crippen molar-refractivity contribution in [2.24, 2.45) is 5.84 Å². The SMILES string of the molecule is C=C(C)CCC(COc1ccc(Cl)cc1)NN. The molecule has 3 nitrogen and oxygen atoms in total. The number of benzene rings is 1. The van der Waals surface area contributed by atoms with Crippen molar-refractivity contribution in [3.05, 3.63) is 41.4 Å². The van der Waals surface area contributed by atoms with Crippen LogP contribution in [0.25, 0.3) is 0 Å². The van der Waals surface area contributed by atoms with Gasteiger partial charge in [-0.3, -0.25) is 11.3 Å². The van der Waals surface area contributed by atoms with Gasteiger partial charge in [0.1, 0.15) is 12.4 Å². The molecule has 0 saturated carbocycles. The molecule has 17 heavy (non-hydrogen) atoms. The highest BCUT2D eigenvalue weighted by molar-refractivity contribution is 6.30. The molecule has 0 spiro atoms. The second-order valence-electron chi connectivity index (χ2n) is 4.12. The van der Waals surface area contributed by atoms with Crippen LogP contribution in [0.4, 0.5) is 0 Å². The van der Waals surface area contributed by atoms with E-state index in [9.17, 15) is 0 Å². The molecule has 3 N–H and O–H groups in total. The molecule has 0 aliphatic rings. The number of hydrazine groups is 1. The van der Waals surface area contributed by atoms with Crippen LogP contribution in [0.1, 0.15) is 19.8 Å². The van der Waals surface area contributed by atoms with Crippen molar-refractivity contribution in [2.45, 2.75) is 25.8 Å². The van der Waals surface area contributed by atoms with Crippen LogP contribution in [-0.2, 0) is 0 Å². The van der Waals surface area contributed by atoms with Crippen molar-refractivity contribution in [1.29, 1.82) is 0 Å². The fourth-order valence-electron chi connectivity index (χ4n) is 1.36. The molecule has 1 aromatic carbocycles. The van der Waals surface area contributed by atoms with Gasteiger partial charge in [-0.05, 0) is 44.0 Å². The maximum Gasteiger partial charge on any atom is 0.119 e. The van der Waals surface area contributed by atoms with E-state index in [0.29, 0.717) is 11.6 Å². The van der Waals surface area contributed by atoms with Crippen LogP contribution in [0.15, 0.2) is 36.4 Å². The zero-order chi connectivity index (χ0) is 12.7. The molecule has 1 rings (SSSR count). The first kappa shape index (κ1) is 14.0. The van der Waals surface area contributed by atoms with Gasteiger partial charge in [-0.25, -0.2) is 0 Å². The minimum absolute atomic E-state index is 0.127. The van der Waals surface area contributed by atoms with Crippen LogP contribution in [-0.4, -0.2) is 12.6 Å². The Hall–Kier alpha value is -1.03. The number of nitrogens with two attached hydrogens (primary N) is 1. The molecular weight excluding hydrogens is 236 g/mol. The first-order valence-electron chi connectivity index (χ1n) is 5.60. The summed E-state index contributed by atoms with van der Waals surface area (Å²) >= 11 is 5.79. The molecule has 0 amide bonds. The largest absolute Gasteiger partial charge is 0.492 e. The van der Waals surface area contributed by atoms with Crippen molar-refractivity contribution in [3.8, 4) is 5.75 Å². The van der Waals surface area contributed by atoms with E-state index < -0.39 is 0 Å². The number of hydrogen-bond donors (Lipinski definition) is 2. The van der Waals surface area contributed by atoms with Crippen molar-refractivity contribution >= 4 is 11.6 Å². The molecule has 0 heterocycles. The van der Waals surface area contributed by atoms with E-state index in [1.807, 2.05) is 19.1 Å². The third-order valence-corrected chi connectivity index (χ3v) is 2.67. The van der Waals surface area contributed by atoms with E-state index >= 15 is 0 Å². The Labute approximate surface area is 108 Å². The summed E-state index contributed by atoms with van der Waals surface area (Å²) < 4.78 is 5.62. The van der Waals surface area contributed by atoms with E-state index in [0.717, 1.165) is 24.2 Å². The van der Waals surface area contributed by atoms with E-state index in [-0.39, 0.29) is 6.04 Å². The molecule has 0 bridgehead atoms. The summed E-state index contributed by atoms with van der Waals surface area (Å²) in [5.74, 6) is 6.26. The van der Waals surface area contributed by atoms with Gasteiger partial charge in [-0.15, -0.1) is 6.58 Å². The van der Waals surface area contributed by atoms with Gasteiger partial charge in [-0.1, -0.05) is 17.2 Å². The smallest absolute Gasteiger partial charge is 0.119 e. The Bertz CT molecular complexity index is 351. The van der Waals surface area contributed by atoms with Gasteiger partial charge in [0.2, 0.25) is 0 Å². The Kier molecular flexibility index (Phi) is 6.05. The summed E-state index contributed by atoms with van der Waals surface area (Å²) in [6.07, 6.45) is 1.86. The molecule has 0 aromatic heterocycles. The van der Waals surface area contributed by atoms with E-state index in [2.05, 4.69) is 12.0 Å². The average molecular weight is 255 g/mol. The first-order valence-corrected chi connectivity index (χ1v) is 5.98. The zero-order valence-electron chi connectivity index (χ0n) is 10.1. The Morgan fingerprint density at radius 3 is 2.65 bits per heavy atom. The van der Waals surface area contributed by atoms with Crippen LogP contribution in [0.3, 0.4) is 0 Å². The van der Waals surface area contributed by atoms with Gasteiger partial charge >= 0.3 is 0 Å². The Balaban J connectivity index is 2.36. The lowest BCUT2D eigenvalue weighted by Crippen LogP contribution is -2.39. The quantitative estimate of drug-likeness (QED) is 0.447. The van der Waals surface area contributed by atoms with Crippen LogP contribution in [0.5, 0.6) is 5.75 Å². The monoisotopic (exact) mass is 254 g/mol. The molecular formula is C13H19ClN2O. The molecule has 1 atom stereocenters. The van der Waals surface area contributed by atoms with Crippen LogP contribution in [0, 0.1) is 0 Å². The molecule has 1 unspecified atom stereocenters. The summed E-state index contributed by atoms with van der Waals surface area (Å²) in [6.45, 7) is 6.41. The summed E-state index contributed by atoms with van der Waals surface area (Å²) in [5.41, 5.74) is 3.90. The average Bonchev–Trinajstić information content (AvgIpc) is 2.31. The lowest BCUT2D eigenvalue weighted by molar-refractivity contribution is 0.258. The number of nitrogens with one attached hydrogen (secondary N) is 1. The predicted molar refractivity (Wildman–Crippen MR) is 72.1 cm³/mol. The lowest BCUT2D eigenvalue weighted by atomic mass is 10.1. The summed E-state index contributed by atoms with van der Waals surface area (Å²) in [4.78, 5) is 0. The maximum absolute atomic E-state index is 5.79. The second-order valence-corrected chi connectivity index (χ2v) is 4.56. The third kappa shape index (κ3) is 5.73. The highest BCUT2D eigenvalue weighted by atomic mass is 35.5. The highest BCUT2D eigenvalue weighted by Gasteiger charge is 2.07. The number of hydrogen-bond acceptors (Lipinski definition) is 3. The minimum atomic E-state index is 0.127. The van der Waals surface area contributed by atoms with Gasteiger partial charge in [0, 0.05) is 5.02 Å². The van der Waals surface area contributed by atoms with Gasteiger partial charge in [-0.2, -0.15) is 0 Å². The van der Waals surface area contributed by atoms with Crippen LogP contribution in [0.2, 0.25) is 5.02 Å². The Morgan fingerprint density at radius 2 is 2.12 bits per heavy atom. The number of allylic oxidation sites excluding steroid dienone is 1. The summed E-state index contributed by atoms with van der Waals surface area (Å²) in [5, 5.41) is 0.702. The molecule has 0 aliphatic carbocycles. The second kappa shape index (κ2) is 7.33. The topological polar surface area (TPSA) is 47.3 Å². The lowest BCUT2D eigenvalue weighted by Gasteiger charge is -2.16. The van der Waals surface area contributed by atoms with Crippen LogP contribution < -0.4 is 16.0 Å². The molecule has 0 radical (unpaired) electrons. The Morgan fingerprint density at radius 1 is 1.47 bits per heavy atom. The zero-order valence-corrected chi connectivity index (χ0v) is 10.8. The molecule has 1 aromatic rings. The minimum Gasteiger partial charge on any atom is -0.492 e. The van der Waals surface area contributed by atoms with Crippen LogP contribution >= 0.6 is 11.6 Å². The normalized spacial score (nSPS) is 12.2. The van der Waals surface area contributed by atoms with Crippen molar-refractivity contribution in [2.75, 3.05) is 6.61 Å². The van der Waals surface area contributed by atoms with Gasteiger partial charge in [0.15, 0.2) is 0 Å². The standard InChI is InChI=1S/C13H19ClN2O/c1-10(2)3-6-12(16-15)9-17-13-7-4-11(14)5-8-13/h4-5,7-8,12,16H,1,3,6,9,15H2,2H3. The maximum atomic E-state index is 5.79.